The number of benzene rings is 2. The fraction of sp³-hybridized carbons (Fsp3) is 0.617. The summed E-state index contributed by atoms with van der Waals surface area (Å²) in [6.45, 7) is 8.90. The normalized spacial score (nSPS) is 11.3. The van der Waals surface area contributed by atoms with Crippen molar-refractivity contribution in [3.63, 3.8) is 0 Å². The molecule has 0 N–H and O–H groups in total. The molecule has 0 aromatic heterocycles. The number of aryl methyl sites for hydroxylation is 2. The monoisotopic (exact) mass is 725 g/mol. The molecule has 0 aliphatic heterocycles. The van der Waals surface area contributed by atoms with E-state index in [1.54, 1.807) is 6.08 Å². The molecule has 0 radical (unpaired) electrons. The SMILES string of the molecule is CCCCCCCCCCCCCCCCCCCC=CCCc1ccccc1C(=CC=C=[N+]=[N-])c1cccc(CCCC)c1.C[CH2][Ni][CH2]C. The van der Waals surface area contributed by atoms with Gasteiger partial charge in [-0.05, 0) is 72.4 Å². The van der Waals surface area contributed by atoms with Crippen LogP contribution < -0.4 is 0 Å². The molecular weight excluding hydrogens is 651 g/mol. The average molecular weight is 726 g/mol. The number of rotatable bonds is 29. The Morgan fingerprint density at radius 3 is 1.74 bits per heavy atom. The predicted octanol–water partition coefficient (Wildman–Crippen LogP) is 15.4. The van der Waals surface area contributed by atoms with Crippen LogP contribution in [0.1, 0.15) is 185 Å². The Kier molecular flexibility index (Phi) is 31.9. The molecule has 0 saturated heterocycles. The topological polar surface area (TPSA) is 36.4 Å². The predicted molar refractivity (Wildman–Crippen MR) is 219 cm³/mol. The second-order valence-corrected chi connectivity index (χ2v) is 15.4. The average Bonchev–Trinajstić information content (AvgIpc) is 3.14. The number of nitrogens with zero attached hydrogens (tertiary/aromatic N) is 2. The summed E-state index contributed by atoms with van der Waals surface area (Å²) in [7, 11) is 0. The van der Waals surface area contributed by atoms with Gasteiger partial charge in [0.25, 0.3) is 5.87 Å². The first-order valence-corrected chi connectivity index (χ1v) is 22.0. The van der Waals surface area contributed by atoms with Crippen LogP contribution in [0, 0.1) is 0 Å². The van der Waals surface area contributed by atoms with Gasteiger partial charge in [-0.15, -0.1) is 4.79 Å². The summed E-state index contributed by atoms with van der Waals surface area (Å²) in [5.74, 6) is 2.56. The van der Waals surface area contributed by atoms with E-state index in [9.17, 15) is 0 Å². The van der Waals surface area contributed by atoms with Crippen molar-refractivity contribution in [3.05, 3.63) is 101 Å². The van der Waals surface area contributed by atoms with E-state index in [-0.39, 0.29) is 0 Å². The third-order valence-electron chi connectivity index (χ3n) is 9.28. The molecule has 2 rings (SSSR count). The van der Waals surface area contributed by atoms with Crippen LogP contribution in [0.15, 0.2) is 72.8 Å². The minimum absolute atomic E-state index is 1.01. The van der Waals surface area contributed by atoms with Crippen molar-refractivity contribution < 1.29 is 19.2 Å². The van der Waals surface area contributed by atoms with E-state index in [1.165, 1.54) is 161 Å². The van der Waals surface area contributed by atoms with Gasteiger partial charge in [-0.2, -0.15) is 0 Å². The summed E-state index contributed by atoms with van der Waals surface area (Å²) in [6.07, 6.45) is 39.4. The molecule has 2 aromatic rings. The van der Waals surface area contributed by atoms with Crippen LogP contribution in [-0.4, -0.2) is 10.7 Å². The van der Waals surface area contributed by atoms with E-state index in [0.29, 0.717) is 0 Å². The third kappa shape index (κ3) is 24.7. The van der Waals surface area contributed by atoms with Crippen molar-refractivity contribution in [2.45, 2.75) is 186 Å². The van der Waals surface area contributed by atoms with Crippen LogP contribution >= 0.6 is 0 Å². The maximum absolute atomic E-state index is 8.90. The van der Waals surface area contributed by atoms with Gasteiger partial charge in [0.2, 0.25) is 0 Å². The van der Waals surface area contributed by atoms with Crippen LogP contribution in [0.4, 0.5) is 0 Å². The van der Waals surface area contributed by atoms with Crippen molar-refractivity contribution >= 4 is 11.4 Å². The Morgan fingerprint density at radius 1 is 0.620 bits per heavy atom. The first-order valence-electron chi connectivity index (χ1n) is 20.6. The van der Waals surface area contributed by atoms with Gasteiger partial charge in [-0.1, -0.05) is 184 Å². The van der Waals surface area contributed by atoms with Crippen molar-refractivity contribution in [2.75, 3.05) is 0 Å². The molecule has 50 heavy (non-hydrogen) atoms. The fourth-order valence-corrected chi connectivity index (χ4v) is 6.89. The molecule has 0 unspecified atom stereocenters. The summed E-state index contributed by atoms with van der Waals surface area (Å²) in [5.41, 5.74) is 15.2. The minimum atomic E-state index is 1.01. The maximum atomic E-state index is 8.90. The van der Waals surface area contributed by atoms with Crippen molar-refractivity contribution in [2.24, 2.45) is 0 Å². The molecule has 3 heteroatoms. The zero-order chi connectivity index (χ0) is 36.2. The van der Waals surface area contributed by atoms with Gasteiger partial charge in [0.1, 0.15) is 0 Å². The van der Waals surface area contributed by atoms with E-state index in [2.05, 4.69) is 99.0 Å². The van der Waals surface area contributed by atoms with E-state index in [0.717, 1.165) is 24.8 Å². The number of hydrogen-bond donors (Lipinski definition) is 0. The molecule has 0 aliphatic rings. The fourth-order valence-electron chi connectivity index (χ4n) is 6.39. The van der Waals surface area contributed by atoms with Crippen molar-refractivity contribution in [3.8, 4) is 0 Å². The van der Waals surface area contributed by atoms with Crippen LogP contribution in [0.3, 0.4) is 0 Å². The first kappa shape index (κ1) is 45.6. The Bertz CT molecular complexity index is 1210. The van der Waals surface area contributed by atoms with Gasteiger partial charge in [-0.25, -0.2) is 0 Å². The Labute approximate surface area is 316 Å². The summed E-state index contributed by atoms with van der Waals surface area (Å²) in [4.78, 5) is 3.05. The Hall–Kier alpha value is -2.43. The van der Waals surface area contributed by atoms with Crippen LogP contribution in [-0.2, 0) is 27.3 Å². The molecule has 0 amide bonds. The van der Waals surface area contributed by atoms with Gasteiger partial charge in [-0.3, -0.25) is 0 Å². The van der Waals surface area contributed by atoms with Gasteiger partial charge in [0, 0.05) is 0 Å². The van der Waals surface area contributed by atoms with E-state index < -0.39 is 0 Å². The molecule has 0 atom stereocenters. The summed E-state index contributed by atoms with van der Waals surface area (Å²) < 4.78 is 0. The van der Waals surface area contributed by atoms with Crippen LogP contribution in [0.5, 0.6) is 0 Å². The summed E-state index contributed by atoms with van der Waals surface area (Å²) in [6, 6.07) is 17.6. The van der Waals surface area contributed by atoms with Gasteiger partial charge in [0.05, 0.1) is 6.08 Å². The molecule has 282 valence electrons. The Balaban J connectivity index is 0.00000232. The molecule has 0 spiro atoms. The van der Waals surface area contributed by atoms with Crippen molar-refractivity contribution in [1.82, 2.24) is 0 Å². The number of unbranched alkanes of at least 4 members (excludes halogenated alkanes) is 18. The molecule has 0 saturated carbocycles. The number of allylic oxidation sites excluding steroid dienone is 4. The zero-order valence-electron chi connectivity index (χ0n) is 32.8. The van der Waals surface area contributed by atoms with Crippen LogP contribution in [0.2, 0.25) is 10.8 Å². The second kappa shape index (κ2) is 35.0. The van der Waals surface area contributed by atoms with Gasteiger partial charge < -0.3 is 5.53 Å². The summed E-state index contributed by atoms with van der Waals surface area (Å²) >= 11 is 1.82. The van der Waals surface area contributed by atoms with Crippen LogP contribution in [0.25, 0.3) is 11.1 Å². The molecule has 0 fully saturated rings. The first-order chi connectivity index (χ1) is 24.7. The van der Waals surface area contributed by atoms with E-state index in [1.807, 2.05) is 20.5 Å². The molecule has 2 aromatic carbocycles. The third-order valence-corrected chi connectivity index (χ3v) is 10.3. The van der Waals surface area contributed by atoms with Gasteiger partial charge >= 0.3 is 39.1 Å². The van der Waals surface area contributed by atoms with Gasteiger partial charge in [0.15, 0.2) is 0 Å². The second-order valence-electron chi connectivity index (χ2n) is 13.5. The molecule has 0 heterocycles. The van der Waals surface area contributed by atoms with E-state index in [4.69, 9.17) is 5.53 Å². The van der Waals surface area contributed by atoms with Crippen molar-refractivity contribution in [1.29, 1.82) is 0 Å². The summed E-state index contributed by atoms with van der Waals surface area (Å²) in [5, 5.41) is 2.56. The quantitative estimate of drug-likeness (QED) is 0.0152. The molecular formula is C47H74N2Ni. The number of hydrogen-bond acceptors (Lipinski definition) is 0. The molecule has 0 aliphatic carbocycles. The standard InChI is InChI=1S/C43H64N2.2C2H5.Ni/c1-3-5-7-8-9-10-11-12-13-14-15-16-17-18-19-20-21-22-23-24-25-32-40-33-26-27-35-42(40)43(36-29-37-45-44)41-34-28-31-39(38-41)30-6-4-2;2*1-2;/h23-24,26-29,31,33-36,38H,3-22,25,30,32H2,1-2H3;2*1H2,2H3;. The Morgan fingerprint density at radius 2 is 1.18 bits per heavy atom. The zero-order valence-corrected chi connectivity index (χ0v) is 33.8. The molecule has 0 bridgehead atoms. The molecule has 2 nitrogen and oxygen atoms in total. The van der Waals surface area contributed by atoms with E-state index >= 15 is 0 Å².